The summed E-state index contributed by atoms with van der Waals surface area (Å²) in [6, 6.07) is 18.0. The van der Waals surface area contributed by atoms with Crippen LogP contribution in [0.25, 0.3) is 0 Å². The number of carbonyl (C=O) groups is 4. The first-order valence-corrected chi connectivity index (χ1v) is 13.1. The van der Waals surface area contributed by atoms with Gasteiger partial charge in [0.05, 0.1) is 24.2 Å². The van der Waals surface area contributed by atoms with Gasteiger partial charge < -0.3 is 25.0 Å². The minimum Gasteiger partial charge on any atom is -0.489 e. The topological polar surface area (TPSA) is 143 Å². The number of carbonyl (C=O) groups excluding carboxylic acids is 4. The van der Waals surface area contributed by atoms with E-state index in [1.54, 1.807) is 54.6 Å². The van der Waals surface area contributed by atoms with E-state index in [0.717, 1.165) is 10.5 Å². The van der Waals surface area contributed by atoms with Crippen molar-refractivity contribution in [3.63, 3.8) is 0 Å². The number of nitrogens with two attached hydrogens (primary N) is 1. The lowest BCUT2D eigenvalue weighted by molar-refractivity contribution is -0.201. The van der Waals surface area contributed by atoms with Gasteiger partial charge in [-0.15, -0.1) is 0 Å². The molecule has 0 saturated heterocycles. The molecule has 1 aliphatic rings. The average Bonchev–Trinajstić information content (AvgIpc) is 3.05. The highest BCUT2D eigenvalue weighted by Crippen LogP contribution is 2.31. The maximum Gasteiger partial charge on any atom is 0.491 e. The highest BCUT2D eigenvalue weighted by Gasteiger charge is 2.42. The number of benzene rings is 3. The SMILES string of the molecule is N=C(N)c1ccc(COc2ccc3c(c2)C(=O)N(CCC(=O)OC(=O)C(F)(F)F)CC(=O)N3Cc2ccc(Cl)cc2)cc1. The molecule has 10 nitrogen and oxygen atoms in total. The molecule has 0 spiro atoms. The van der Waals surface area contributed by atoms with Crippen molar-refractivity contribution in [2.45, 2.75) is 25.7 Å². The Morgan fingerprint density at radius 2 is 1.63 bits per heavy atom. The van der Waals surface area contributed by atoms with Gasteiger partial charge in [0.15, 0.2) is 0 Å². The number of rotatable bonds is 9. The third-order valence-electron chi connectivity index (χ3n) is 6.35. The fourth-order valence-electron chi connectivity index (χ4n) is 4.15. The van der Waals surface area contributed by atoms with Gasteiger partial charge in [-0.05, 0) is 41.5 Å². The maximum atomic E-state index is 13.6. The molecule has 1 heterocycles. The highest BCUT2D eigenvalue weighted by atomic mass is 35.5. The molecule has 14 heteroatoms. The van der Waals surface area contributed by atoms with Crippen molar-refractivity contribution in [1.29, 1.82) is 5.41 Å². The maximum absolute atomic E-state index is 13.6. The van der Waals surface area contributed by atoms with E-state index in [4.69, 9.17) is 27.5 Å². The van der Waals surface area contributed by atoms with Gasteiger partial charge >= 0.3 is 18.1 Å². The molecular formula is C29H24ClF3N4O6. The molecule has 3 aromatic rings. The number of anilines is 1. The molecule has 43 heavy (non-hydrogen) atoms. The Morgan fingerprint density at radius 1 is 0.977 bits per heavy atom. The summed E-state index contributed by atoms with van der Waals surface area (Å²) >= 11 is 5.98. The Kier molecular flexibility index (Phi) is 9.34. The molecule has 3 aromatic carbocycles. The van der Waals surface area contributed by atoms with E-state index in [0.29, 0.717) is 16.1 Å². The molecule has 0 saturated carbocycles. The van der Waals surface area contributed by atoms with Crippen molar-refractivity contribution in [3.8, 4) is 5.75 Å². The Bertz CT molecular complexity index is 1560. The van der Waals surface area contributed by atoms with E-state index in [9.17, 15) is 32.3 Å². The molecule has 0 fully saturated rings. The van der Waals surface area contributed by atoms with Gasteiger partial charge in [-0.2, -0.15) is 13.2 Å². The predicted molar refractivity (Wildman–Crippen MR) is 149 cm³/mol. The monoisotopic (exact) mass is 616 g/mol. The standard InChI is InChI=1S/C29H24ClF3N4O6/c30-20-7-3-17(4-8-20)14-37-23-10-9-21(42-16-18-1-5-19(6-2-18)26(34)35)13-22(23)27(40)36(15-24(37)38)12-11-25(39)43-28(41)29(31,32)33/h1-10,13H,11-12,14-16H2,(H3,34,35). The first-order chi connectivity index (χ1) is 20.3. The second kappa shape index (κ2) is 12.9. The summed E-state index contributed by atoms with van der Waals surface area (Å²) in [7, 11) is 0. The number of esters is 2. The number of hydrogen-bond acceptors (Lipinski definition) is 7. The number of halogens is 4. The first-order valence-electron chi connectivity index (χ1n) is 12.7. The molecule has 0 unspecified atom stereocenters. The number of amides is 2. The summed E-state index contributed by atoms with van der Waals surface area (Å²) < 4.78 is 47.1. The number of nitrogen functional groups attached to an aromatic ring is 1. The molecule has 0 aromatic heterocycles. The molecule has 0 bridgehead atoms. The van der Waals surface area contributed by atoms with Crippen LogP contribution < -0.4 is 15.4 Å². The summed E-state index contributed by atoms with van der Waals surface area (Å²) in [6.45, 7) is -0.826. The largest absolute Gasteiger partial charge is 0.491 e. The Hall–Kier alpha value is -4.91. The second-order valence-electron chi connectivity index (χ2n) is 9.42. The quantitative estimate of drug-likeness (QED) is 0.159. The van der Waals surface area contributed by atoms with Gasteiger partial charge in [0.2, 0.25) is 5.91 Å². The molecular weight excluding hydrogens is 593 g/mol. The Labute approximate surface area is 248 Å². The van der Waals surface area contributed by atoms with Crippen molar-refractivity contribution in [2.75, 3.05) is 18.0 Å². The van der Waals surface area contributed by atoms with E-state index in [1.165, 1.54) is 17.0 Å². The number of nitrogens with one attached hydrogen (secondary N) is 1. The van der Waals surface area contributed by atoms with Gasteiger partial charge in [0.1, 0.15) is 24.7 Å². The number of fused-ring (bicyclic) bond motifs is 1. The van der Waals surface area contributed by atoms with E-state index in [-0.39, 0.29) is 36.0 Å². The van der Waals surface area contributed by atoms with Gasteiger partial charge in [0, 0.05) is 17.1 Å². The van der Waals surface area contributed by atoms with Crippen LogP contribution in [0.3, 0.4) is 0 Å². The van der Waals surface area contributed by atoms with Crippen LogP contribution in [-0.2, 0) is 32.3 Å². The normalized spacial score (nSPS) is 13.3. The molecule has 224 valence electrons. The molecule has 4 rings (SSSR count). The first kappa shape index (κ1) is 31.0. The van der Waals surface area contributed by atoms with Crippen LogP contribution in [0, 0.1) is 5.41 Å². The van der Waals surface area contributed by atoms with Crippen molar-refractivity contribution in [3.05, 3.63) is 94.0 Å². The van der Waals surface area contributed by atoms with Gasteiger partial charge in [-0.1, -0.05) is 48.0 Å². The van der Waals surface area contributed by atoms with E-state index in [1.807, 2.05) is 0 Å². The van der Waals surface area contributed by atoms with Crippen molar-refractivity contribution < 1.29 is 41.8 Å². The molecule has 2 amide bonds. The Balaban J connectivity index is 1.58. The second-order valence-corrected chi connectivity index (χ2v) is 9.86. The highest BCUT2D eigenvalue weighted by molar-refractivity contribution is 6.30. The average molecular weight is 617 g/mol. The summed E-state index contributed by atoms with van der Waals surface area (Å²) in [5, 5.41) is 7.98. The minimum absolute atomic E-state index is 0.0453. The summed E-state index contributed by atoms with van der Waals surface area (Å²) in [5.74, 6) is -5.20. The van der Waals surface area contributed by atoms with Gasteiger partial charge in [-0.3, -0.25) is 19.8 Å². The zero-order chi connectivity index (χ0) is 31.3. The fraction of sp³-hybridized carbons (Fsp3) is 0.207. The van der Waals surface area contributed by atoms with Crippen LogP contribution in [-0.4, -0.2) is 53.8 Å². The van der Waals surface area contributed by atoms with E-state index < -0.39 is 49.4 Å². The van der Waals surface area contributed by atoms with Gasteiger partial charge in [0.25, 0.3) is 5.91 Å². The number of ether oxygens (including phenoxy) is 2. The van der Waals surface area contributed by atoms with Crippen LogP contribution in [0.1, 0.15) is 33.5 Å². The van der Waals surface area contributed by atoms with Crippen LogP contribution in [0.4, 0.5) is 18.9 Å². The zero-order valence-electron chi connectivity index (χ0n) is 22.3. The smallest absolute Gasteiger partial charge is 0.489 e. The minimum atomic E-state index is -5.36. The van der Waals surface area contributed by atoms with E-state index >= 15 is 0 Å². The Morgan fingerprint density at radius 3 is 2.26 bits per heavy atom. The van der Waals surface area contributed by atoms with Crippen molar-refractivity contribution in [2.24, 2.45) is 5.73 Å². The molecule has 3 N–H and O–H groups in total. The van der Waals surface area contributed by atoms with E-state index in [2.05, 4.69) is 4.74 Å². The lowest BCUT2D eigenvalue weighted by Gasteiger charge is -2.23. The number of alkyl halides is 3. The number of hydrogen-bond donors (Lipinski definition) is 2. The lowest BCUT2D eigenvalue weighted by Crippen LogP contribution is -2.40. The molecule has 0 radical (unpaired) electrons. The molecule has 0 aliphatic carbocycles. The number of amidine groups is 1. The van der Waals surface area contributed by atoms with Crippen molar-refractivity contribution in [1.82, 2.24) is 4.90 Å². The van der Waals surface area contributed by atoms with Crippen LogP contribution >= 0.6 is 11.6 Å². The summed E-state index contributed by atoms with van der Waals surface area (Å²) in [5.41, 5.74) is 7.77. The number of nitrogens with zero attached hydrogens (tertiary/aromatic N) is 2. The fourth-order valence-corrected chi connectivity index (χ4v) is 4.27. The van der Waals surface area contributed by atoms with Gasteiger partial charge in [-0.25, -0.2) is 4.79 Å². The lowest BCUT2D eigenvalue weighted by atomic mass is 10.1. The summed E-state index contributed by atoms with van der Waals surface area (Å²) in [6.07, 6.45) is -6.13. The third-order valence-corrected chi connectivity index (χ3v) is 6.60. The van der Waals surface area contributed by atoms with Crippen LogP contribution in [0.15, 0.2) is 66.7 Å². The molecule has 1 aliphatic heterocycles. The third kappa shape index (κ3) is 7.89. The van der Waals surface area contributed by atoms with Crippen molar-refractivity contribution >= 4 is 46.9 Å². The predicted octanol–water partition coefficient (Wildman–Crippen LogP) is 4.21. The molecule has 0 atom stereocenters. The van der Waals surface area contributed by atoms with Crippen LogP contribution in [0.2, 0.25) is 5.02 Å². The zero-order valence-corrected chi connectivity index (χ0v) is 23.1. The summed E-state index contributed by atoms with van der Waals surface area (Å²) in [4.78, 5) is 52.2. The van der Waals surface area contributed by atoms with Crippen LogP contribution in [0.5, 0.6) is 5.75 Å².